The molecule has 0 aliphatic heterocycles. The molecule has 1 atom stereocenters. The van der Waals surface area contributed by atoms with Gasteiger partial charge >= 0.3 is 5.97 Å². The molecule has 0 aliphatic carbocycles. The van der Waals surface area contributed by atoms with Crippen LogP contribution in [0.15, 0.2) is 24.3 Å². The Hall–Kier alpha value is -1.99. The highest BCUT2D eigenvalue weighted by Gasteiger charge is 2.20. The van der Waals surface area contributed by atoms with Crippen LogP contribution in [0.25, 0.3) is 0 Å². The zero-order valence-electron chi connectivity index (χ0n) is 11.8. The number of para-hydroxylation sites is 1. The van der Waals surface area contributed by atoms with Gasteiger partial charge in [0.2, 0.25) is 5.91 Å². The third-order valence-electron chi connectivity index (χ3n) is 2.75. The Balaban J connectivity index is 2.49. The summed E-state index contributed by atoms with van der Waals surface area (Å²) < 4.78 is 18.2. The fraction of sp³-hybridized carbons (Fsp3) is 0.429. The summed E-state index contributed by atoms with van der Waals surface area (Å²) in [5.41, 5.74) is 0.0334. The summed E-state index contributed by atoms with van der Waals surface area (Å²) in [4.78, 5) is 22.8. The van der Waals surface area contributed by atoms with Gasteiger partial charge in [-0.15, -0.1) is 0 Å². The van der Waals surface area contributed by atoms with Gasteiger partial charge in [-0.05, 0) is 25.1 Å². The number of methoxy groups -OCH3 is 1. The number of carboxylic acids is 1. The van der Waals surface area contributed by atoms with E-state index in [-0.39, 0.29) is 12.1 Å². The summed E-state index contributed by atoms with van der Waals surface area (Å²) in [5.74, 6) is -2.26. The number of amides is 1. The Morgan fingerprint density at radius 2 is 2.10 bits per heavy atom. The topological polar surface area (TPSA) is 87.7 Å². The quantitative estimate of drug-likeness (QED) is 0.597. The van der Waals surface area contributed by atoms with Gasteiger partial charge in [-0.2, -0.15) is 0 Å². The van der Waals surface area contributed by atoms with Crippen molar-refractivity contribution in [2.45, 2.75) is 18.9 Å². The molecule has 7 heteroatoms. The third-order valence-corrected chi connectivity index (χ3v) is 2.75. The number of rotatable bonds is 9. The highest BCUT2D eigenvalue weighted by atomic mass is 19.1. The monoisotopic (exact) mass is 298 g/mol. The van der Waals surface area contributed by atoms with Crippen molar-refractivity contribution in [1.82, 2.24) is 5.32 Å². The van der Waals surface area contributed by atoms with Crippen molar-refractivity contribution in [3.05, 3.63) is 30.1 Å². The molecule has 0 fully saturated rings. The van der Waals surface area contributed by atoms with E-state index in [0.29, 0.717) is 19.6 Å². The van der Waals surface area contributed by atoms with Crippen molar-refractivity contribution in [3.8, 4) is 0 Å². The summed E-state index contributed by atoms with van der Waals surface area (Å²) in [6.07, 6.45) is 0.353. The number of carboxylic acid groups (broad SMARTS) is 1. The predicted octanol–water partition coefficient (Wildman–Crippen LogP) is 1.23. The number of anilines is 1. The molecule has 21 heavy (non-hydrogen) atoms. The SMILES string of the molecule is COCCCNC(CC(=O)Nc1ccccc1F)C(=O)O. The predicted molar refractivity (Wildman–Crippen MR) is 75.6 cm³/mol. The van der Waals surface area contributed by atoms with Crippen LogP contribution in [-0.4, -0.2) is 43.3 Å². The van der Waals surface area contributed by atoms with Crippen molar-refractivity contribution in [1.29, 1.82) is 0 Å². The van der Waals surface area contributed by atoms with Crippen LogP contribution in [0.2, 0.25) is 0 Å². The first-order chi connectivity index (χ1) is 10.0. The average molecular weight is 298 g/mol. The van der Waals surface area contributed by atoms with Crippen molar-refractivity contribution in [3.63, 3.8) is 0 Å². The van der Waals surface area contributed by atoms with E-state index >= 15 is 0 Å². The molecule has 0 saturated carbocycles. The zero-order chi connectivity index (χ0) is 15.7. The van der Waals surface area contributed by atoms with Gasteiger partial charge in [-0.3, -0.25) is 9.59 Å². The van der Waals surface area contributed by atoms with Crippen molar-refractivity contribution < 1.29 is 23.8 Å². The minimum absolute atomic E-state index is 0.0334. The molecule has 1 unspecified atom stereocenters. The summed E-state index contributed by atoms with van der Waals surface area (Å²) in [6, 6.07) is 4.69. The first-order valence-electron chi connectivity index (χ1n) is 6.54. The second-order valence-electron chi connectivity index (χ2n) is 4.42. The highest BCUT2D eigenvalue weighted by Crippen LogP contribution is 2.12. The molecule has 0 aliphatic rings. The number of hydrogen-bond donors (Lipinski definition) is 3. The summed E-state index contributed by atoms with van der Waals surface area (Å²) in [5, 5.41) is 14.2. The number of ether oxygens (including phenoxy) is 1. The molecule has 0 saturated heterocycles. The van der Waals surface area contributed by atoms with Crippen LogP contribution in [0, 0.1) is 5.82 Å². The first kappa shape index (κ1) is 17.1. The van der Waals surface area contributed by atoms with Crippen LogP contribution < -0.4 is 10.6 Å². The first-order valence-corrected chi connectivity index (χ1v) is 6.54. The van der Waals surface area contributed by atoms with Crippen molar-refractivity contribution >= 4 is 17.6 Å². The Labute approximate surface area is 122 Å². The van der Waals surface area contributed by atoms with E-state index in [1.54, 1.807) is 13.2 Å². The lowest BCUT2D eigenvalue weighted by Gasteiger charge is -2.14. The van der Waals surface area contributed by atoms with Crippen LogP contribution in [0.3, 0.4) is 0 Å². The lowest BCUT2D eigenvalue weighted by atomic mass is 10.2. The van der Waals surface area contributed by atoms with Gasteiger partial charge in [0.25, 0.3) is 0 Å². The van der Waals surface area contributed by atoms with Crippen molar-refractivity contribution in [2.75, 3.05) is 25.6 Å². The number of hydrogen-bond acceptors (Lipinski definition) is 4. The third kappa shape index (κ3) is 6.33. The van der Waals surface area contributed by atoms with E-state index in [1.165, 1.54) is 18.2 Å². The van der Waals surface area contributed by atoms with Gasteiger partial charge in [0.1, 0.15) is 11.9 Å². The molecule has 116 valence electrons. The van der Waals surface area contributed by atoms with E-state index in [9.17, 15) is 14.0 Å². The number of halogens is 1. The molecule has 0 radical (unpaired) electrons. The van der Waals surface area contributed by atoms with Crippen LogP contribution in [0.5, 0.6) is 0 Å². The van der Waals surface area contributed by atoms with Gasteiger partial charge in [-0.1, -0.05) is 12.1 Å². The summed E-state index contributed by atoms with van der Waals surface area (Å²) in [6.45, 7) is 0.915. The number of aliphatic carboxylic acids is 1. The Morgan fingerprint density at radius 1 is 1.38 bits per heavy atom. The lowest BCUT2D eigenvalue weighted by Crippen LogP contribution is -2.40. The van der Waals surface area contributed by atoms with Gasteiger partial charge in [0.15, 0.2) is 0 Å². The smallest absolute Gasteiger partial charge is 0.321 e. The molecule has 3 N–H and O–H groups in total. The fourth-order valence-electron chi connectivity index (χ4n) is 1.69. The minimum Gasteiger partial charge on any atom is -0.480 e. The van der Waals surface area contributed by atoms with E-state index in [4.69, 9.17) is 9.84 Å². The largest absolute Gasteiger partial charge is 0.480 e. The minimum atomic E-state index is -1.13. The molecule has 0 bridgehead atoms. The number of nitrogens with one attached hydrogen (secondary N) is 2. The van der Waals surface area contributed by atoms with Crippen molar-refractivity contribution in [2.24, 2.45) is 0 Å². The van der Waals surface area contributed by atoms with E-state index < -0.39 is 23.7 Å². The summed E-state index contributed by atoms with van der Waals surface area (Å²) in [7, 11) is 1.55. The van der Waals surface area contributed by atoms with Crippen LogP contribution >= 0.6 is 0 Å². The van der Waals surface area contributed by atoms with E-state index in [2.05, 4.69) is 10.6 Å². The molecule has 0 aromatic heterocycles. The van der Waals surface area contributed by atoms with Gasteiger partial charge in [0.05, 0.1) is 12.1 Å². The molecule has 1 aromatic rings. The Kier molecular flexibility index (Phi) is 7.34. The van der Waals surface area contributed by atoms with E-state index in [0.717, 1.165) is 0 Å². The molecule has 1 amide bonds. The van der Waals surface area contributed by atoms with Crippen LogP contribution in [0.4, 0.5) is 10.1 Å². The number of carbonyl (C=O) groups excluding carboxylic acids is 1. The van der Waals surface area contributed by atoms with Crippen LogP contribution in [-0.2, 0) is 14.3 Å². The Morgan fingerprint density at radius 3 is 2.71 bits per heavy atom. The normalized spacial score (nSPS) is 11.9. The molecule has 0 spiro atoms. The van der Waals surface area contributed by atoms with Crippen LogP contribution in [0.1, 0.15) is 12.8 Å². The molecule has 1 aromatic carbocycles. The van der Waals surface area contributed by atoms with E-state index in [1.807, 2.05) is 0 Å². The van der Waals surface area contributed by atoms with Gasteiger partial charge in [-0.25, -0.2) is 4.39 Å². The zero-order valence-corrected chi connectivity index (χ0v) is 11.8. The average Bonchev–Trinajstić information content (AvgIpc) is 2.44. The molecule has 0 heterocycles. The second-order valence-corrected chi connectivity index (χ2v) is 4.42. The fourth-order valence-corrected chi connectivity index (χ4v) is 1.69. The molecule has 1 rings (SSSR count). The maximum absolute atomic E-state index is 13.4. The standard InChI is InChI=1S/C14H19FN2O4/c1-21-8-4-7-16-12(14(19)20)9-13(18)17-11-6-3-2-5-10(11)15/h2-3,5-6,12,16H,4,7-9H2,1H3,(H,17,18)(H,19,20). The van der Waals surface area contributed by atoms with Gasteiger partial charge in [0, 0.05) is 13.7 Å². The Bertz CT molecular complexity index is 482. The maximum atomic E-state index is 13.4. The van der Waals surface area contributed by atoms with Gasteiger partial charge < -0.3 is 20.5 Å². The maximum Gasteiger partial charge on any atom is 0.321 e. The number of benzene rings is 1. The second kappa shape index (κ2) is 9.04. The molecular formula is C14H19FN2O4. The highest BCUT2D eigenvalue weighted by molar-refractivity contribution is 5.94. The molecule has 6 nitrogen and oxygen atoms in total. The summed E-state index contributed by atoms with van der Waals surface area (Å²) >= 11 is 0. The molecular weight excluding hydrogens is 279 g/mol. The lowest BCUT2D eigenvalue weighted by molar-refractivity contribution is -0.141. The number of carbonyl (C=O) groups is 2.